The molecule has 6 nitrogen and oxygen atoms in total. The Labute approximate surface area is 107 Å². The van der Waals surface area contributed by atoms with Crippen molar-refractivity contribution < 1.29 is 4.79 Å². The number of piperazine rings is 1. The number of amides is 1. The Morgan fingerprint density at radius 2 is 2.28 bits per heavy atom. The first-order valence-electron chi connectivity index (χ1n) is 6.36. The van der Waals surface area contributed by atoms with Crippen molar-refractivity contribution in [3.63, 3.8) is 0 Å². The summed E-state index contributed by atoms with van der Waals surface area (Å²) < 4.78 is 0. The number of nitrogen functional groups attached to an aromatic ring is 1. The largest absolute Gasteiger partial charge is 0.395 e. The van der Waals surface area contributed by atoms with Crippen molar-refractivity contribution >= 4 is 11.6 Å². The molecule has 2 heterocycles. The number of hydrogen-bond donors (Lipinski definition) is 2. The van der Waals surface area contributed by atoms with E-state index in [2.05, 4.69) is 29.1 Å². The number of hydrogen-bond acceptors (Lipinski definition) is 4. The van der Waals surface area contributed by atoms with Gasteiger partial charge in [-0.2, -0.15) is 5.10 Å². The molecule has 1 aromatic heterocycles. The Bertz CT molecular complexity index is 442. The fourth-order valence-corrected chi connectivity index (χ4v) is 2.40. The summed E-state index contributed by atoms with van der Waals surface area (Å²) in [5, 5.41) is 6.89. The second-order valence-electron chi connectivity index (χ2n) is 4.93. The number of rotatable bonds is 2. The zero-order valence-electron chi connectivity index (χ0n) is 11.2. The average molecular weight is 251 g/mol. The number of nitrogens with zero attached hydrogens (tertiary/aromatic N) is 3. The number of aryl methyl sites for hydroxylation is 1. The smallest absolute Gasteiger partial charge is 0.276 e. The second kappa shape index (κ2) is 4.97. The minimum atomic E-state index is -0.0657. The van der Waals surface area contributed by atoms with E-state index in [0.717, 1.165) is 31.7 Å². The number of aromatic amines is 1. The minimum Gasteiger partial charge on any atom is -0.395 e. The third-order valence-corrected chi connectivity index (χ3v) is 3.53. The Hall–Kier alpha value is -1.56. The molecule has 0 radical (unpaired) electrons. The number of likely N-dealkylation sites (N-methyl/N-ethyl adjacent to an activating group) is 1. The van der Waals surface area contributed by atoms with Crippen LogP contribution >= 0.6 is 0 Å². The van der Waals surface area contributed by atoms with Crippen LogP contribution in [0.5, 0.6) is 0 Å². The first kappa shape index (κ1) is 12.9. The van der Waals surface area contributed by atoms with E-state index >= 15 is 0 Å². The lowest BCUT2D eigenvalue weighted by Gasteiger charge is -2.37. The molecule has 0 spiro atoms. The van der Waals surface area contributed by atoms with Crippen LogP contribution in [-0.4, -0.2) is 58.6 Å². The third-order valence-electron chi connectivity index (χ3n) is 3.53. The van der Waals surface area contributed by atoms with E-state index in [1.54, 1.807) is 0 Å². The van der Waals surface area contributed by atoms with Crippen LogP contribution in [0.15, 0.2) is 0 Å². The van der Waals surface area contributed by atoms with Gasteiger partial charge in [0.25, 0.3) is 5.91 Å². The van der Waals surface area contributed by atoms with E-state index in [4.69, 9.17) is 5.73 Å². The van der Waals surface area contributed by atoms with Crippen LogP contribution in [0.2, 0.25) is 0 Å². The van der Waals surface area contributed by atoms with E-state index in [9.17, 15) is 4.79 Å². The molecule has 2 rings (SSSR count). The highest BCUT2D eigenvalue weighted by atomic mass is 16.2. The molecule has 0 saturated carbocycles. The van der Waals surface area contributed by atoms with Gasteiger partial charge in [-0.1, -0.05) is 6.92 Å². The summed E-state index contributed by atoms with van der Waals surface area (Å²) in [6.45, 7) is 6.54. The van der Waals surface area contributed by atoms with Crippen molar-refractivity contribution in [2.45, 2.75) is 26.3 Å². The zero-order valence-corrected chi connectivity index (χ0v) is 11.2. The van der Waals surface area contributed by atoms with Gasteiger partial charge >= 0.3 is 0 Å². The van der Waals surface area contributed by atoms with E-state index in [-0.39, 0.29) is 11.9 Å². The van der Waals surface area contributed by atoms with Gasteiger partial charge in [0.15, 0.2) is 5.69 Å². The molecule has 0 bridgehead atoms. The Morgan fingerprint density at radius 1 is 1.56 bits per heavy atom. The van der Waals surface area contributed by atoms with Crippen LogP contribution in [0.3, 0.4) is 0 Å². The molecule has 1 atom stereocenters. The number of anilines is 1. The number of carbonyl (C=O) groups is 1. The number of H-pyrrole nitrogens is 1. The summed E-state index contributed by atoms with van der Waals surface area (Å²) in [6.07, 6.45) is 0.754. The Morgan fingerprint density at radius 3 is 2.83 bits per heavy atom. The molecule has 6 heteroatoms. The van der Waals surface area contributed by atoms with Crippen molar-refractivity contribution in [1.82, 2.24) is 20.0 Å². The van der Waals surface area contributed by atoms with Crippen LogP contribution in [-0.2, 0) is 6.42 Å². The molecule has 1 aliphatic heterocycles. The number of nitrogens with one attached hydrogen (secondary N) is 1. The molecule has 1 saturated heterocycles. The number of carbonyl (C=O) groups excluding carboxylic acids is 1. The normalized spacial score (nSPS) is 21.3. The predicted octanol–water partition coefficient (Wildman–Crippen LogP) is 0.330. The van der Waals surface area contributed by atoms with E-state index < -0.39 is 0 Å². The highest BCUT2D eigenvalue weighted by Crippen LogP contribution is 2.19. The topological polar surface area (TPSA) is 78.2 Å². The maximum atomic E-state index is 12.4. The Balaban J connectivity index is 2.18. The number of aromatic nitrogens is 2. The van der Waals surface area contributed by atoms with Crippen molar-refractivity contribution in [3.8, 4) is 0 Å². The summed E-state index contributed by atoms with van der Waals surface area (Å²) in [6, 6.07) is 0.192. The van der Waals surface area contributed by atoms with E-state index in [0.29, 0.717) is 11.4 Å². The van der Waals surface area contributed by atoms with Crippen LogP contribution < -0.4 is 5.73 Å². The summed E-state index contributed by atoms with van der Waals surface area (Å²) >= 11 is 0. The molecule has 0 aliphatic carbocycles. The standard InChI is InChI=1S/C12H21N5O/c1-4-9-10(13)11(15-14-9)12(18)17-6-5-16(3)7-8(17)2/h8H,4-7,13H2,1-3H3,(H,14,15). The first-order valence-corrected chi connectivity index (χ1v) is 6.36. The molecular formula is C12H21N5O. The predicted molar refractivity (Wildman–Crippen MR) is 70.4 cm³/mol. The van der Waals surface area contributed by atoms with E-state index in [1.165, 1.54) is 0 Å². The number of nitrogens with two attached hydrogens (primary N) is 1. The van der Waals surface area contributed by atoms with Crippen molar-refractivity contribution in [2.24, 2.45) is 0 Å². The van der Waals surface area contributed by atoms with Crippen LogP contribution in [0.4, 0.5) is 5.69 Å². The van der Waals surface area contributed by atoms with Crippen molar-refractivity contribution in [3.05, 3.63) is 11.4 Å². The van der Waals surface area contributed by atoms with Crippen molar-refractivity contribution in [2.75, 3.05) is 32.4 Å². The molecule has 3 N–H and O–H groups in total. The molecule has 18 heavy (non-hydrogen) atoms. The maximum Gasteiger partial charge on any atom is 0.276 e. The van der Waals surface area contributed by atoms with Crippen LogP contribution in [0.1, 0.15) is 30.0 Å². The van der Waals surface area contributed by atoms with Gasteiger partial charge in [-0.15, -0.1) is 0 Å². The molecule has 1 unspecified atom stereocenters. The van der Waals surface area contributed by atoms with Gasteiger partial charge in [0.05, 0.1) is 11.4 Å². The molecule has 1 fully saturated rings. The molecule has 1 amide bonds. The van der Waals surface area contributed by atoms with Gasteiger partial charge in [-0.05, 0) is 20.4 Å². The van der Waals surface area contributed by atoms with Gasteiger partial charge in [-0.25, -0.2) is 0 Å². The molecule has 100 valence electrons. The fourth-order valence-electron chi connectivity index (χ4n) is 2.40. The lowest BCUT2D eigenvalue weighted by Crippen LogP contribution is -2.52. The Kier molecular flexibility index (Phi) is 3.56. The van der Waals surface area contributed by atoms with Gasteiger partial charge in [0, 0.05) is 25.7 Å². The molecular weight excluding hydrogens is 230 g/mol. The van der Waals surface area contributed by atoms with E-state index in [1.807, 2.05) is 11.8 Å². The van der Waals surface area contributed by atoms with Gasteiger partial charge in [-0.3, -0.25) is 9.89 Å². The lowest BCUT2D eigenvalue weighted by molar-refractivity contribution is 0.0529. The third kappa shape index (κ3) is 2.20. The summed E-state index contributed by atoms with van der Waals surface area (Å²) in [5.41, 5.74) is 7.63. The van der Waals surface area contributed by atoms with Crippen LogP contribution in [0.25, 0.3) is 0 Å². The molecule has 1 aromatic rings. The fraction of sp³-hybridized carbons (Fsp3) is 0.667. The maximum absolute atomic E-state index is 12.4. The minimum absolute atomic E-state index is 0.0657. The second-order valence-corrected chi connectivity index (χ2v) is 4.93. The summed E-state index contributed by atoms with van der Waals surface area (Å²) in [5.74, 6) is -0.0657. The van der Waals surface area contributed by atoms with Crippen LogP contribution in [0, 0.1) is 0 Å². The monoisotopic (exact) mass is 251 g/mol. The summed E-state index contributed by atoms with van der Waals surface area (Å²) in [4.78, 5) is 16.5. The molecule has 1 aliphatic rings. The SMILES string of the molecule is CCc1[nH]nc(C(=O)N2CCN(C)CC2C)c1N. The quantitative estimate of drug-likeness (QED) is 0.794. The van der Waals surface area contributed by atoms with Gasteiger partial charge in [0.1, 0.15) is 0 Å². The highest BCUT2D eigenvalue weighted by molar-refractivity contribution is 5.97. The zero-order chi connectivity index (χ0) is 13.3. The molecule has 0 aromatic carbocycles. The summed E-state index contributed by atoms with van der Waals surface area (Å²) in [7, 11) is 2.07. The van der Waals surface area contributed by atoms with Crippen molar-refractivity contribution in [1.29, 1.82) is 0 Å². The lowest BCUT2D eigenvalue weighted by atomic mass is 10.1. The average Bonchev–Trinajstić information content (AvgIpc) is 2.69. The van der Waals surface area contributed by atoms with Gasteiger partial charge in [0.2, 0.25) is 0 Å². The van der Waals surface area contributed by atoms with Gasteiger partial charge < -0.3 is 15.5 Å². The first-order chi connectivity index (χ1) is 8.54. The highest BCUT2D eigenvalue weighted by Gasteiger charge is 2.29.